The third-order valence-corrected chi connectivity index (χ3v) is 3.77. The number of hydrogen-bond acceptors (Lipinski definition) is 2. The standard InChI is InChI=1S/C14H18F3N3/c1-9(13(2,3)4)12(15)14(16,17)20-11-8-6-5-7-10(11)18-19-20/h5-9,12H,1-4H3. The smallest absolute Gasteiger partial charge is 0.238 e. The van der Waals surface area contributed by atoms with Crippen molar-refractivity contribution in [3.8, 4) is 0 Å². The lowest BCUT2D eigenvalue weighted by molar-refractivity contribution is -0.175. The number of alkyl halides is 3. The highest BCUT2D eigenvalue weighted by atomic mass is 19.3. The molecule has 6 heteroatoms. The molecule has 0 N–H and O–H groups in total. The Balaban J connectivity index is 2.44. The molecule has 2 atom stereocenters. The minimum absolute atomic E-state index is 0.126. The van der Waals surface area contributed by atoms with Gasteiger partial charge in [0.2, 0.25) is 0 Å². The second kappa shape index (κ2) is 4.75. The Morgan fingerprint density at radius 3 is 2.35 bits per heavy atom. The van der Waals surface area contributed by atoms with Crippen LogP contribution in [-0.4, -0.2) is 21.2 Å². The lowest BCUT2D eigenvalue weighted by Crippen LogP contribution is -2.43. The van der Waals surface area contributed by atoms with Crippen LogP contribution < -0.4 is 0 Å². The number of nitrogens with zero attached hydrogens (tertiary/aromatic N) is 3. The van der Waals surface area contributed by atoms with E-state index in [0.29, 0.717) is 10.2 Å². The number of halogens is 3. The largest absolute Gasteiger partial charge is 0.376 e. The Morgan fingerprint density at radius 2 is 1.75 bits per heavy atom. The zero-order valence-corrected chi connectivity index (χ0v) is 11.9. The second-order valence-corrected chi connectivity index (χ2v) is 6.13. The molecule has 0 saturated heterocycles. The van der Waals surface area contributed by atoms with Crippen LogP contribution in [0.1, 0.15) is 27.7 Å². The second-order valence-electron chi connectivity index (χ2n) is 6.13. The molecule has 2 rings (SSSR count). The van der Waals surface area contributed by atoms with Gasteiger partial charge in [-0.3, -0.25) is 0 Å². The SMILES string of the molecule is CC(C(F)C(F)(F)n1nnc2ccccc21)C(C)(C)C. The van der Waals surface area contributed by atoms with Gasteiger partial charge in [0.25, 0.3) is 0 Å². The van der Waals surface area contributed by atoms with E-state index in [1.54, 1.807) is 39.0 Å². The number of para-hydroxylation sites is 1. The Labute approximate surface area is 115 Å². The van der Waals surface area contributed by atoms with Crippen molar-refractivity contribution < 1.29 is 13.2 Å². The monoisotopic (exact) mass is 285 g/mol. The van der Waals surface area contributed by atoms with Crippen LogP contribution in [0.2, 0.25) is 0 Å². The summed E-state index contributed by atoms with van der Waals surface area (Å²) in [4.78, 5) is 0. The van der Waals surface area contributed by atoms with Gasteiger partial charge in [0.15, 0.2) is 6.17 Å². The first-order chi connectivity index (χ1) is 9.15. The van der Waals surface area contributed by atoms with E-state index in [-0.39, 0.29) is 5.52 Å². The number of hydrogen-bond donors (Lipinski definition) is 0. The summed E-state index contributed by atoms with van der Waals surface area (Å²) in [5.74, 6) is -0.833. The molecule has 2 aromatic rings. The minimum atomic E-state index is -3.73. The summed E-state index contributed by atoms with van der Waals surface area (Å²) in [7, 11) is 0. The summed E-state index contributed by atoms with van der Waals surface area (Å²) in [6, 6.07) is 2.55. The summed E-state index contributed by atoms with van der Waals surface area (Å²) >= 11 is 0. The maximum absolute atomic E-state index is 14.4. The fourth-order valence-electron chi connectivity index (χ4n) is 1.95. The van der Waals surface area contributed by atoms with Gasteiger partial charge in [0.1, 0.15) is 5.52 Å². The van der Waals surface area contributed by atoms with E-state index in [0.717, 1.165) is 0 Å². The van der Waals surface area contributed by atoms with Gasteiger partial charge in [-0.25, -0.2) is 4.39 Å². The highest BCUT2D eigenvalue weighted by Crippen LogP contribution is 2.40. The molecule has 0 fully saturated rings. The molecule has 20 heavy (non-hydrogen) atoms. The number of rotatable bonds is 3. The number of aromatic nitrogens is 3. The van der Waals surface area contributed by atoms with Crippen molar-refractivity contribution in [2.24, 2.45) is 11.3 Å². The molecule has 0 aliphatic heterocycles. The quantitative estimate of drug-likeness (QED) is 0.853. The summed E-state index contributed by atoms with van der Waals surface area (Å²) in [5, 5.41) is 7.08. The van der Waals surface area contributed by atoms with Crippen molar-refractivity contribution in [2.45, 2.75) is 39.9 Å². The highest BCUT2D eigenvalue weighted by Gasteiger charge is 2.49. The lowest BCUT2D eigenvalue weighted by atomic mass is 9.78. The van der Waals surface area contributed by atoms with Gasteiger partial charge in [-0.05, 0) is 17.5 Å². The van der Waals surface area contributed by atoms with Crippen molar-refractivity contribution in [1.82, 2.24) is 15.0 Å². The van der Waals surface area contributed by atoms with Crippen LogP contribution in [-0.2, 0) is 6.05 Å². The van der Waals surface area contributed by atoms with Gasteiger partial charge in [-0.15, -0.1) is 5.10 Å². The first-order valence-electron chi connectivity index (χ1n) is 6.48. The molecule has 1 heterocycles. The molecule has 0 bridgehead atoms. The zero-order valence-electron chi connectivity index (χ0n) is 11.9. The van der Waals surface area contributed by atoms with Crippen LogP contribution >= 0.6 is 0 Å². The maximum Gasteiger partial charge on any atom is 0.376 e. The molecule has 2 unspecified atom stereocenters. The van der Waals surface area contributed by atoms with Gasteiger partial charge < -0.3 is 0 Å². The van der Waals surface area contributed by atoms with E-state index in [1.807, 2.05) is 0 Å². The molecule has 0 radical (unpaired) electrons. The molecule has 0 aliphatic carbocycles. The van der Waals surface area contributed by atoms with E-state index in [2.05, 4.69) is 10.3 Å². The summed E-state index contributed by atoms with van der Waals surface area (Å²) < 4.78 is 43.5. The average Bonchev–Trinajstić information content (AvgIpc) is 2.80. The van der Waals surface area contributed by atoms with E-state index in [4.69, 9.17) is 0 Å². The van der Waals surface area contributed by atoms with E-state index < -0.39 is 23.6 Å². The van der Waals surface area contributed by atoms with Crippen LogP contribution in [0.15, 0.2) is 24.3 Å². The van der Waals surface area contributed by atoms with Gasteiger partial charge >= 0.3 is 6.05 Å². The zero-order chi connectivity index (χ0) is 15.1. The molecule has 0 saturated carbocycles. The molecular weight excluding hydrogens is 267 g/mol. The number of fused-ring (bicyclic) bond motifs is 1. The first kappa shape index (κ1) is 14.8. The molecule has 3 nitrogen and oxygen atoms in total. The Bertz CT molecular complexity index is 601. The molecule has 0 amide bonds. The van der Waals surface area contributed by atoms with Gasteiger partial charge in [-0.1, -0.05) is 45.0 Å². The van der Waals surface area contributed by atoms with Crippen LogP contribution in [0.5, 0.6) is 0 Å². The van der Waals surface area contributed by atoms with E-state index in [1.165, 1.54) is 13.0 Å². The third-order valence-electron chi connectivity index (χ3n) is 3.77. The van der Waals surface area contributed by atoms with Crippen molar-refractivity contribution in [3.63, 3.8) is 0 Å². The third kappa shape index (κ3) is 2.39. The van der Waals surface area contributed by atoms with Gasteiger partial charge in [0, 0.05) is 5.92 Å². The number of benzene rings is 1. The van der Waals surface area contributed by atoms with Crippen molar-refractivity contribution in [2.75, 3.05) is 0 Å². The maximum atomic E-state index is 14.4. The molecule has 110 valence electrons. The molecule has 1 aromatic heterocycles. The Hall–Kier alpha value is -1.59. The van der Waals surface area contributed by atoms with Crippen LogP contribution in [0, 0.1) is 11.3 Å². The van der Waals surface area contributed by atoms with Crippen LogP contribution in [0.25, 0.3) is 11.0 Å². The van der Waals surface area contributed by atoms with E-state index >= 15 is 0 Å². The predicted molar refractivity (Wildman–Crippen MR) is 71.2 cm³/mol. The average molecular weight is 285 g/mol. The molecular formula is C14H18F3N3. The Morgan fingerprint density at radius 1 is 1.15 bits per heavy atom. The van der Waals surface area contributed by atoms with Crippen LogP contribution in [0.3, 0.4) is 0 Å². The van der Waals surface area contributed by atoms with Gasteiger partial charge in [-0.2, -0.15) is 13.5 Å². The molecule has 1 aromatic carbocycles. The van der Waals surface area contributed by atoms with Crippen molar-refractivity contribution >= 4 is 11.0 Å². The first-order valence-corrected chi connectivity index (χ1v) is 6.48. The summed E-state index contributed by atoms with van der Waals surface area (Å²) in [6.45, 7) is 6.69. The lowest BCUT2D eigenvalue weighted by Gasteiger charge is -2.33. The van der Waals surface area contributed by atoms with Gasteiger partial charge in [0.05, 0.1) is 5.52 Å². The molecule has 0 spiro atoms. The topological polar surface area (TPSA) is 30.7 Å². The predicted octanol–water partition coefficient (Wildman–Crippen LogP) is 4.00. The summed E-state index contributed by atoms with van der Waals surface area (Å²) in [5.41, 5.74) is -0.122. The Kier molecular flexibility index (Phi) is 3.52. The fraction of sp³-hybridized carbons (Fsp3) is 0.571. The van der Waals surface area contributed by atoms with Crippen LogP contribution in [0.4, 0.5) is 13.2 Å². The normalized spacial score (nSPS) is 16.4. The minimum Gasteiger partial charge on any atom is -0.238 e. The summed E-state index contributed by atoms with van der Waals surface area (Å²) in [6.07, 6.45) is -2.34. The van der Waals surface area contributed by atoms with Crippen molar-refractivity contribution in [3.05, 3.63) is 24.3 Å². The van der Waals surface area contributed by atoms with E-state index in [9.17, 15) is 13.2 Å². The molecule has 0 aliphatic rings. The van der Waals surface area contributed by atoms with Crippen molar-refractivity contribution in [1.29, 1.82) is 0 Å². The highest BCUT2D eigenvalue weighted by molar-refractivity contribution is 5.74. The fourth-order valence-corrected chi connectivity index (χ4v) is 1.95.